The maximum absolute atomic E-state index is 13.1. The average Bonchev–Trinajstić information content (AvgIpc) is 3.12. The first kappa shape index (κ1) is 22.3. The van der Waals surface area contributed by atoms with Gasteiger partial charge in [0.15, 0.2) is 5.69 Å². The van der Waals surface area contributed by atoms with Gasteiger partial charge >= 0.3 is 6.03 Å². The Balaban J connectivity index is 1.58. The smallest absolute Gasteiger partial charge is 0.318 e. The Morgan fingerprint density at radius 1 is 1.22 bits per heavy atom. The van der Waals surface area contributed by atoms with Crippen molar-refractivity contribution in [3.05, 3.63) is 40.7 Å². The molecule has 2 aliphatic heterocycles. The topological polar surface area (TPSA) is 92.6 Å². The Kier molecular flexibility index (Phi) is 5.94. The molecule has 1 atom stereocenters. The van der Waals surface area contributed by atoms with Gasteiger partial charge in [0.2, 0.25) is 0 Å². The molecular formula is C23H32N6O3. The van der Waals surface area contributed by atoms with Crippen LogP contribution in [0.3, 0.4) is 0 Å². The Morgan fingerprint density at radius 3 is 2.72 bits per heavy atom. The molecule has 1 aromatic heterocycles. The Bertz CT molecular complexity index is 1030. The number of morpholine rings is 1. The number of amides is 3. The minimum absolute atomic E-state index is 0.00973. The van der Waals surface area contributed by atoms with Crippen LogP contribution in [0.2, 0.25) is 0 Å². The molecule has 0 spiro atoms. The molecule has 3 amide bonds. The third kappa shape index (κ3) is 4.34. The molecule has 0 radical (unpaired) electrons. The maximum Gasteiger partial charge on any atom is 0.318 e. The summed E-state index contributed by atoms with van der Waals surface area (Å²) in [6.07, 6.45) is 0.714. The van der Waals surface area contributed by atoms with Crippen molar-refractivity contribution >= 4 is 11.9 Å². The molecule has 9 heteroatoms. The van der Waals surface area contributed by atoms with E-state index in [1.807, 2.05) is 57.7 Å². The number of hydrogen-bond donors (Lipinski definition) is 1. The molecule has 1 saturated heterocycles. The van der Waals surface area contributed by atoms with Crippen molar-refractivity contribution in [2.75, 3.05) is 26.3 Å². The summed E-state index contributed by atoms with van der Waals surface area (Å²) in [6.45, 7) is 12.6. The predicted molar refractivity (Wildman–Crippen MR) is 120 cm³/mol. The normalized spacial score (nSPS) is 19.0. The standard InChI is InChI=1S/C23H32N6O3/c1-15-14-32-12-11-28(15)21(30)20-16(2)29(26-25-20)19-8-6-7-17-13-27(10-9-18(17)19)22(31)24-23(3,4)5/h6-8,15H,9-14H2,1-5H3,(H,24,31). The van der Waals surface area contributed by atoms with Crippen molar-refractivity contribution in [3.63, 3.8) is 0 Å². The molecule has 4 rings (SSSR count). The number of urea groups is 1. The van der Waals surface area contributed by atoms with Gasteiger partial charge in [-0.05, 0) is 58.2 Å². The van der Waals surface area contributed by atoms with E-state index in [0.717, 1.165) is 22.5 Å². The van der Waals surface area contributed by atoms with Crippen LogP contribution in [0, 0.1) is 6.92 Å². The second kappa shape index (κ2) is 8.54. The van der Waals surface area contributed by atoms with Crippen LogP contribution in [0.4, 0.5) is 4.79 Å². The first-order valence-electron chi connectivity index (χ1n) is 11.1. The zero-order chi connectivity index (χ0) is 23.0. The highest BCUT2D eigenvalue weighted by molar-refractivity contribution is 5.93. The van der Waals surface area contributed by atoms with Gasteiger partial charge < -0.3 is 19.9 Å². The number of carbonyl (C=O) groups excluding carboxylic acids is 2. The molecule has 3 heterocycles. The van der Waals surface area contributed by atoms with Gasteiger partial charge in [0.1, 0.15) is 0 Å². The molecule has 172 valence electrons. The minimum Gasteiger partial charge on any atom is -0.377 e. The number of ether oxygens (including phenoxy) is 1. The van der Waals surface area contributed by atoms with Gasteiger partial charge in [-0.1, -0.05) is 17.3 Å². The summed E-state index contributed by atoms with van der Waals surface area (Å²) in [6, 6.07) is 5.96. The highest BCUT2D eigenvalue weighted by Gasteiger charge is 2.30. The van der Waals surface area contributed by atoms with E-state index in [9.17, 15) is 9.59 Å². The second-order valence-electron chi connectivity index (χ2n) is 9.62. The van der Waals surface area contributed by atoms with E-state index in [4.69, 9.17) is 4.74 Å². The minimum atomic E-state index is -0.280. The SMILES string of the molecule is Cc1c(C(=O)N2CCOCC2C)nnn1-c1cccc2c1CCN(C(=O)NC(C)(C)C)C2. The summed E-state index contributed by atoms with van der Waals surface area (Å²) in [5, 5.41) is 11.6. The Hall–Kier alpha value is -2.94. The predicted octanol–water partition coefficient (Wildman–Crippen LogP) is 2.30. The molecule has 0 saturated carbocycles. The van der Waals surface area contributed by atoms with Crippen LogP contribution in [0.1, 0.15) is 55.0 Å². The monoisotopic (exact) mass is 440 g/mol. The van der Waals surface area contributed by atoms with Crippen molar-refractivity contribution in [1.82, 2.24) is 30.1 Å². The van der Waals surface area contributed by atoms with Gasteiger partial charge in [0.25, 0.3) is 5.91 Å². The lowest BCUT2D eigenvalue weighted by Gasteiger charge is -2.33. The largest absolute Gasteiger partial charge is 0.377 e. The lowest BCUT2D eigenvalue weighted by molar-refractivity contribution is 0.00322. The van der Waals surface area contributed by atoms with Crippen molar-refractivity contribution in [1.29, 1.82) is 0 Å². The van der Waals surface area contributed by atoms with Crippen LogP contribution >= 0.6 is 0 Å². The fourth-order valence-corrected chi connectivity index (χ4v) is 4.28. The molecule has 2 aliphatic rings. The highest BCUT2D eigenvalue weighted by Crippen LogP contribution is 2.27. The molecule has 0 bridgehead atoms. The van der Waals surface area contributed by atoms with Gasteiger partial charge in [-0.15, -0.1) is 5.10 Å². The highest BCUT2D eigenvalue weighted by atomic mass is 16.5. The molecular weight excluding hydrogens is 408 g/mol. The van der Waals surface area contributed by atoms with Crippen LogP contribution in [0.15, 0.2) is 18.2 Å². The number of rotatable bonds is 2. The van der Waals surface area contributed by atoms with Gasteiger partial charge in [-0.2, -0.15) is 0 Å². The Labute approximate surface area is 188 Å². The Morgan fingerprint density at radius 2 is 2.00 bits per heavy atom. The number of hydrogen-bond acceptors (Lipinski definition) is 5. The van der Waals surface area contributed by atoms with Crippen molar-refractivity contribution < 1.29 is 14.3 Å². The fourth-order valence-electron chi connectivity index (χ4n) is 4.28. The molecule has 1 N–H and O–H groups in total. The van der Waals surface area contributed by atoms with Crippen LogP contribution in [-0.2, 0) is 17.7 Å². The zero-order valence-corrected chi connectivity index (χ0v) is 19.5. The number of nitrogens with one attached hydrogen (secondary N) is 1. The van der Waals surface area contributed by atoms with E-state index in [1.165, 1.54) is 0 Å². The van der Waals surface area contributed by atoms with Crippen LogP contribution in [0.25, 0.3) is 5.69 Å². The van der Waals surface area contributed by atoms with Crippen molar-refractivity contribution in [3.8, 4) is 5.69 Å². The number of nitrogens with zero attached hydrogens (tertiary/aromatic N) is 5. The number of fused-ring (bicyclic) bond motifs is 1. The summed E-state index contributed by atoms with van der Waals surface area (Å²) < 4.78 is 7.20. The van der Waals surface area contributed by atoms with Crippen molar-refractivity contribution in [2.24, 2.45) is 0 Å². The first-order chi connectivity index (χ1) is 15.2. The number of carbonyl (C=O) groups is 2. The lowest BCUT2D eigenvalue weighted by atomic mass is 9.97. The van der Waals surface area contributed by atoms with E-state index >= 15 is 0 Å². The summed E-state index contributed by atoms with van der Waals surface area (Å²) in [7, 11) is 0. The van der Waals surface area contributed by atoms with E-state index in [-0.39, 0.29) is 23.5 Å². The second-order valence-corrected chi connectivity index (χ2v) is 9.62. The summed E-state index contributed by atoms with van der Waals surface area (Å²) >= 11 is 0. The zero-order valence-electron chi connectivity index (χ0n) is 19.5. The van der Waals surface area contributed by atoms with Gasteiger partial charge in [0, 0.05) is 25.2 Å². The average molecular weight is 441 g/mol. The van der Waals surface area contributed by atoms with Crippen LogP contribution in [-0.4, -0.2) is 74.6 Å². The molecule has 0 aliphatic carbocycles. The molecule has 1 fully saturated rings. The third-order valence-electron chi connectivity index (χ3n) is 5.96. The molecule has 2 aromatic rings. The van der Waals surface area contributed by atoms with Gasteiger partial charge in [-0.3, -0.25) is 4.79 Å². The van der Waals surface area contributed by atoms with Crippen LogP contribution in [0.5, 0.6) is 0 Å². The van der Waals surface area contributed by atoms with E-state index < -0.39 is 0 Å². The molecule has 9 nitrogen and oxygen atoms in total. The third-order valence-corrected chi connectivity index (χ3v) is 5.96. The number of aromatic nitrogens is 3. The quantitative estimate of drug-likeness (QED) is 0.774. The molecule has 1 unspecified atom stereocenters. The maximum atomic E-state index is 13.1. The van der Waals surface area contributed by atoms with E-state index in [0.29, 0.717) is 45.0 Å². The van der Waals surface area contributed by atoms with Crippen molar-refractivity contribution in [2.45, 2.75) is 59.2 Å². The fraction of sp³-hybridized carbons (Fsp3) is 0.565. The van der Waals surface area contributed by atoms with Crippen LogP contribution < -0.4 is 5.32 Å². The first-order valence-corrected chi connectivity index (χ1v) is 11.1. The number of benzene rings is 1. The summed E-state index contributed by atoms with van der Waals surface area (Å²) in [4.78, 5) is 29.4. The summed E-state index contributed by atoms with van der Waals surface area (Å²) in [5.74, 6) is -0.112. The summed E-state index contributed by atoms with van der Waals surface area (Å²) in [5.41, 5.74) is 3.95. The van der Waals surface area contributed by atoms with Gasteiger partial charge in [0.05, 0.1) is 30.6 Å². The van der Waals surface area contributed by atoms with E-state index in [1.54, 1.807) is 9.58 Å². The van der Waals surface area contributed by atoms with Gasteiger partial charge in [-0.25, -0.2) is 9.48 Å². The molecule has 1 aromatic carbocycles. The molecule has 32 heavy (non-hydrogen) atoms. The lowest BCUT2D eigenvalue weighted by Crippen LogP contribution is -2.49. The van der Waals surface area contributed by atoms with E-state index in [2.05, 4.69) is 15.6 Å².